The summed E-state index contributed by atoms with van der Waals surface area (Å²) in [4.78, 5) is 32.5. The number of rotatable bonds is 6. The number of amides is 1. The van der Waals surface area contributed by atoms with Crippen molar-refractivity contribution in [3.8, 4) is 0 Å². The monoisotopic (exact) mass is 390 g/mol. The van der Waals surface area contributed by atoms with Crippen LogP contribution < -0.4 is 10.6 Å². The maximum Gasteiger partial charge on any atom is 0.338 e. The molecule has 0 aliphatic carbocycles. The fourth-order valence-electron chi connectivity index (χ4n) is 2.80. The van der Waals surface area contributed by atoms with Crippen molar-refractivity contribution in [1.82, 2.24) is 9.97 Å². The van der Waals surface area contributed by atoms with Gasteiger partial charge in [-0.3, -0.25) is 4.79 Å². The van der Waals surface area contributed by atoms with Gasteiger partial charge < -0.3 is 15.4 Å². The van der Waals surface area contributed by atoms with Gasteiger partial charge in [0.15, 0.2) is 0 Å². The Morgan fingerprint density at radius 1 is 0.931 bits per heavy atom. The second-order valence-corrected chi connectivity index (χ2v) is 6.54. The summed E-state index contributed by atoms with van der Waals surface area (Å²) in [6.07, 6.45) is 2.92. The zero-order valence-electron chi connectivity index (χ0n) is 16.5. The third-order valence-corrected chi connectivity index (χ3v) is 4.03. The highest BCUT2D eigenvalue weighted by atomic mass is 16.5. The first-order valence-electron chi connectivity index (χ1n) is 9.20. The summed E-state index contributed by atoms with van der Waals surface area (Å²) in [5, 5.41) is 5.91. The number of nitrogens with zero attached hydrogens (tertiary/aromatic N) is 2. The summed E-state index contributed by atoms with van der Waals surface area (Å²) in [6, 6.07) is 12.6. The first-order chi connectivity index (χ1) is 13.9. The van der Waals surface area contributed by atoms with Crippen LogP contribution in [0, 0.1) is 13.8 Å². The van der Waals surface area contributed by atoms with Crippen LogP contribution in [-0.2, 0) is 4.74 Å². The van der Waals surface area contributed by atoms with Crippen molar-refractivity contribution in [3.63, 3.8) is 0 Å². The van der Waals surface area contributed by atoms with Crippen LogP contribution in [0.25, 0.3) is 0 Å². The smallest absolute Gasteiger partial charge is 0.338 e. The highest BCUT2D eigenvalue weighted by molar-refractivity contribution is 6.03. The van der Waals surface area contributed by atoms with Crippen LogP contribution in [0.5, 0.6) is 0 Å². The number of aromatic nitrogens is 2. The van der Waals surface area contributed by atoms with E-state index in [-0.39, 0.29) is 11.6 Å². The Morgan fingerprint density at radius 3 is 2.21 bits per heavy atom. The Kier molecular flexibility index (Phi) is 6.19. The van der Waals surface area contributed by atoms with Gasteiger partial charge in [-0.05, 0) is 68.3 Å². The number of carbonyl (C=O) groups excluding carboxylic acids is 2. The van der Waals surface area contributed by atoms with E-state index < -0.39 is 5.97 Å². The number of hydrogen-bond donors (Lipinski definition) is 2. The summed E-state index contributed by atoms with van der Waals surface area (Å²) in [5.41, 5.74) is 4.35. The van der Waals surface area contributed by atoms with E-state index >= 15 is 0 Å². The number of benzene rings is 2. The second-order valence-electron chi connectivity index (χ2n) is 6.54. The predicted octanol–water partition coefficient (Wildman–Crippen LogP) is 4.27. The van der Waals surface area contributed by atoms with Gasteiger partial charge in [0.05, 0.1) is 24.6 Å². The molecule has 2 N–H and O–H groups in total. The summed E-state index contributed by atoms with van der Waals surface area (Å²) < 4.78 is 4.93. The molecule has 0 spiro atoms. The van der Waals surface area contributed by atoms with E-state index in [0.717, 1.165) is 16.8 Å². The SMILES string of the molecule is CCOC(=O)c1ccc(NC(=O)c2cnc(Nc3cc(C)cc(C)c3)cn2)cc1. The molecule has 0 fully saturated rings. The average Bonchev–Trinajstić information content (AvgIpc) is 2.68. The molecule has 148 valence electrons. The minimum absolute atomic E-state index is 0.186. The van der Waals surface area contributed by atoms with Gasteiger partial charge in [-0.1, -0.05) is 6.07 Å². The van der Waals surface area contributed by atoms with Crippen molar-refractivity contribution >= 4 is 29.1 Å². The van der Waals surface area contributed by atoms with Crippen molar-refractivity contribution in [3.05, 3.63) is 77.2 Å². The van der Waals surface area contributed by atoms with E-state index in [4.69, 9.17) is 4.74 Å². The number of esters is 1. The Morgan fingerprint density at radius 2 is 1.62 bits per heavy atom. The Balaban J connectivity index is 1.63. The fraction of sp³-hybridized carbons (Fsp3) is 0.182. The lowest BCUT2D eigenvalue weighted by Crippen LogP contribution is -2.14. The van der Waals surface area contributed by atoms with Gasteiger partial charge in [0.1, 0.15) is 11.5 Å². The third kappa shape index (κ3) is 5.38. The molecule has 29 heavy (non-hydrogen) atoms. The zero-order chi connectivity index (χ0) is 20.8. The van der Waals surface area contributed by atoms with Crippen molar-refractivity contribution in [2.45, 2.75) is 20.8 Å². The summed E-state index contributed by atoms with van der Waals surface area (Å²) >= 11 is 0. The van der Waals surface area contributed by atoms with E-state index in [2.05, 4.69) is 26.7 Å². The molecule has 1 amide bonds. The van der Waals surface area contributed by atoms with Gasteiger partial charge in [0.25, 0.3) is 5.91 Å². The molecule has 7 heteroatoms. The predicted molar refractivity (Wildman–Crippen MR) is 112 cm³/mol. The number of carbonyl (C=O) groups is 2. The molecule has 2 aromatic carbocycles. The van der Waals surface area contributed by atoms with Crippen molar-refractivity contribution in [2.24, 2.45) is 0 Å². The molecule has 0 unspecified atom stereocenters. The number of nitrogens with one attached hydrogen (secondary N) is 2. The molecule has 1 aromatic heterocycles. The second kappa shape index (κ2) is 8.97. The van der Waals surface area contributed by atoms with Gasteiger partial charge in [0, 0.05) is 11.4 Å². The Bertz CT molecular complexity index is 995. The molecule has 0 aliphatic rings. The molecule has 0 atom stereocenters. The van der Waals surface area contributed by atoms with Crippen LogP contribution >= 0.6 is 0 Å². The van der Waals surface area contributed by atoms with Crippen molar-refractivity contribution in [1.29, 1.82) is 0 Å². The highest BCUT2D eigenvalue weighted by Crippen LogP contribution is 2.18. The number of ether oxygens (including phenoxy) is 1. The standard InChI is InChI=1S/C22H22N4O3/c1-4-29-22(28)16-5-7-17(8-6-16)26-21(27)19-12-24-20(13-23-19)25-18-10-14(2)9-15(3)11-18/h5-13H,4H2,1-3H3,(H,24,25)(H,26,27). The summed E-state index contributed by atoms with van der Waals surface area (Å²) in [7, 11) is 0. The van der Waals surface area contributed by atoms with E-state index in [1.165, 1.54) is 12.4 Å². The van der Waals surface area contributed by atoms with Gasteiger partial charge in [-0.25, -0.2) is 14.8 Å². The van der Waals surface area contributed by atoms with Crippen LogP contribution in [-0.4, -0.2) is 28.5 Å². The van der Waals surface area contributed by atoms with Crippen LogP contribution in [0.1, 0.15) is 38.9 Å². The summed E-state index contributed by atoms with van der Waals surface area (Å²) in [6.45, 7) is 6.10. The minimum atomic E-state index is -0.400. The molecule has 0 aliphatic heterocycles. The lowest BCUT2D eigenvalue weighted by Gasteiger charge is -2.09. The van der Waals surface area contributed by atoms with E-state index in [9.17, 15) is 9.59 Å². The topological polar surface area (TPSA) is 93.2 Å². The van der Waals surface area contributed by atoms with Gasteiger partial charge in [-0.2, -0.15) is 0 Å². The largest absolute Gasteiger partial charge is 0.462 e. The first-order valence-corrected chi connectivity index (χ1v) is 9.20. The molecule has 3 aromatic rings. The molecule has 0 saturated carbocycles. The first kappa shape index (κ1) is 20.0. The van der Waals surface area contributed by atoms with Gasteiger partial charge >= 0.3 is 5.97 Å². The number of aryl methyl sites for hydroxylation is 2. The minimum Gasteiger partial charge on any atom is -0.462 e. The molecule has 7 nitrogen and oxygen atoms in total. The number of anilines is 3. The summed E-state index contributed by atoms with van der Waals surface area (Å²) in [5.74, 6) is -0.243. The van der Waals surface area contributed by atoms with Crippen LogP contribution in [0.4, 0.5) is 17.2 Å². The maximum atomic E-state index is 12.4. The normalized spacial score (nSPS) is 10.3. The fourth-order valence-corrected chi connectivity index (χ4v) is 2.80. The molecular weight excluding hydrogens is 368 g/mol. The van der Waals surface area contributed by atoms with Gasteiger partial charge in [0.2, 0.25) is 0 Å². The number of hydrogen-bond acceptors (Lipinski definition) is 6. The van der Waals surface area contributed by atoms with Crippen LogP contribution in [0.15, 0.2) is 54.9 Å². The highest BCUT2D eigenvalue weighted by Gasteiger charge is 2.10. The molecule has 3 rings (SSSR count). The van der Waals surface area contributed by atoms with Crippen LogP contribution in [0.3, 0.4) is 0 Å². The zero-order valence-corrected chi connectivity index (χ0v) is 16.5. The van der Waals surface area contributed by atoms with E-state index in [1.54, 1.807) is 31.2 Å². The van der Waals surface area contributed by atoms with Crippen molar-refractivity contribution in [2.75, 3.05) is 17.2 Å². The molecule has 0 saturated heterocycles. The maximum absolute atomic E-state index is 12.4. The molecular formula is C22H22N4O3. The van der Waals surface area contributed by atoms with Crippen LogP contribution in [0.2, 0.25) is 0 Å². The van der Waals surface area contributed by atoms with Gasteiger partial charge in [-0.15, -0.1) is 0 Å². The van der Waals surface area contributed by atoms with E-state index in [0.29, 0.717) is 23.7 Å². The quantitative estimate of drug-likeness (QED) is 0.611. The molecule has 1 heterocycles. The van der Waals surface area contributed by atoms with Crippen molar-refractivity contribution < 1.29 is 14.3 Å². The molecule has 0 bridgehead atoms. The Labute approximate surface area is 169 Å². The average molecular weight is 390 g/mol. The van der Waals surface area contributed by atoms with E-state index in [1.807, 2.05) is 26.0 Å². The third-order valence-electron chi connectivity index (χ3n) is 4.03. The Hall–Kier alpha value is -3.74. The molecule has 0 radical (unpaired) electrons. The lowest BCUT2D eigenvalue weighted by atomic mass is 10.1. The lowest BCUT2D eigenvalue weighted by molar-refractivity contribution is 0.0526.